The molecule has 0 amide bonds. The van der Waals surface area contributed by atoms with Gasteiger partial charge in [-0.3, -0.25) is 24.0 Å². The summed E-state index contributed by atoms with van der Waals surface area (Å²) in [7, 11) is 0. The minimum atomic E-state index is -0.469. The van der Waals surface area contributed by atoms with Gasteiger partial charge >= 0.3 is 0 Å². The SMILES string of the molecule is CCC.CCC(C)=O.CCCC(CC1CC(=O)c2c(ccc(C(C)=O)c2C)C1=O)C(CC)C(=O)CC(C)=O. The van der Waals surface area contributed by atoms with Gasteiger partial charge in [0.25, 0.3) is 0 Å². The molecule has 3 unspecified atom stereocenters. The fourth-order valence-corrected chi connectivity index (χ4v) is 4.91. The first-order valence-corrected chi connectivity index (χ1v) is 14.0. The van der Waals surface area contributed by atoms with E-state index in [1.165, 1.54) is 20.3 Å². The van der Waals surface area contributed by atoms with Gasteiger partial charge in [-0.15, -0.1) is 0 Å². The van der Waals surface area contributed by atoms with Crippen LogP contribution in [-0.2, 0) is 14.4 Å². The molecule has 0 radical (unpaired) electrons. The lowest BCUT2D eigenvalue weighted by Gasteiger charge is -2.31. The fraction of sp³-hybridized carbons (Fsp3) is 0.625. The molecule has 38 heavy (non-hydrogen) atoms. The van der Waals surface area contributed by atoms with E-state index in [1.54, 1.807) is 26.0 Å². The number of carbonyl (C=O) groups excluding carboxylic acids is 6. The highest BCUT2D eigenvalue weighted by Gasteiger charge is 2.38. The van der Waals surface area contributed by atoms with E-state index in [-0.39, 0.29) is 59.4 Å². The molecule has 1 aliphatic carbocycles. The zero-order valence-corrected chi connectivity index (χ0v) is 25.0. The van der Waals surface area contributed by atoms with Crippen LogP contribution in [0.4, 0.5) is 0 Å². The molecule has 3 atom stereocenters. The maximum atomic E-state index is 13.2. The third-order valence-corrected chi connectivity index (χ3v) is 6.78. The van der Waals surface area contributed by atoms with Crippen LogP contribution in [0.15, 0.2) is 12.1 Å². The summed E-state index contributed by atoms with van der Waals surface area (Å²) in [5.74, 6) is -1.08. The minimum absolute atomic E-state index is 0.0345. The van der Waals surface area contributed by atoms with Gasteiger partial charge in [0, 0.05) is 41.4 Å². The fourth-order valence-electron chi connectivity index (χ4n) is 4.91. The predicted octanol–water partition coefficient (Wildman–Crippen LogP) is 7.37. The second kappa shape index (κ2) is 17.7. The van der Waals surface area contributed by atoms with Crippen LogP contribution >= 0.6 is 0 Å². The van der Waals surface area contributed by atoms with Crippen LogP contribution in [0.2, 0.25) is 0 Å². The van der Waals surface area contributed by atoms with E-state index in [2.05, 4.69) is 13.8 Å². The van der Waals surface area contributed by atoms with Gasteiger partial charge in [0.2, 0.25) is 0 Å². The van der Waals surface area contributed by atoms with Crippen molar-refractivity contribution >= 4 is 34.7 Å². The number of rotatable bonds is 11. The topological polar surface area (TPSA) is 102 Å². The molecule has 1 aliphatic rings. The highest BCUT2D eigenvalue weighted by molar-refractivity contribution is 6.17. The predicted molar refractivity (Wildman–Crippen MR) is 152 cm³/mol. The summed E-state index contributed by atoms with van der Waals surface area (Å²) < 4.78 is 0. The van der Waals surface area contributed by atoms with Crippen molar-refractivity contribution in [2.24, 2.45) is 17.8 Å². The van der Waals surface area contributed by atoms with Crippen molar-refractivity contribution in [1.29, 1.82) is 0 Å². The monoisotopic (exact) mass is 528 g/mol. The van der Waals surface area contributed by atoms with Gasteiger partial charge < -0.3 is 4.79 Å². The van der Waals surface area contributed by atoms with Crippen molar-refractivity contribution in [3.05, 3.63) is 34.4 Å². The van der Waals surface area contributed by atoms with Gasteiger partial charge in [0.05, 0.1) is 6.42 Å². The van der Waals surface area contributed by atoms with E-state index >= 15 is 0 Å². The van der Waals surface area contributed by atoms with Crippen LogP contribution in [0, 0.1) is 24.7 Å². The molecule has 0 spiro atoms. The molecule has 6 nitrogen and oxygen atoms in total. The van der Waals surface area contributed by atoms with Crippen LogP contribution < -0.4 is 0 Å². The first-order chi connectivity index (χ1) is 17.8. The lowest BCUT2D eigenvalue weighted by Crippen LogP contribution is -2.33. The third-order valence-electron chi connectivity index (χ3n) is 6.78. The summed E-state index contributed by atoms with van der Waals surface area (Å²) in [6.07, 6.45) is 4.66. The maximum Gasteiger partial charge on any atom is 0.167 e. The Morgan fingerprint density at radius 1 is 0.921 bits per heavy atom. The van der Waals surface area contributed by atoms with E-state index in [4.69, 9.17) is 0 Å². The molecule has 0 N–H and O–H groups in total. The van der Waals surface area contributed by atoms with Gasteiger partial charge in [0.1, 0.15) is 17.3 Å². The Morgan fingerprint density at radius 3 is 1.89 bits per heavy atom. The first kappa shape index (κ1) is 35.2. The van der Waals surface area contributed by atoms with E-state index in [0.717, 1.165) is 12.8 Å². The Hall–Kier alpha value is -2.76. The van der Waals surface area contributed by atoms with E-state index < -0.39 is 5.92 Å². The number of Topliss-reactive ketones (excluding diaryl/α,β-unsaturated/α-hetero) is 6. The van der Waals surface area contributed by atoms with Crippen molar-refractivity contribution in [2.75, 3.05) is 0 Å². The van der Waals surface area contributed by atoms with Crippen LogP contribution in [0.25, 0.3) is 0 Å². The third kappa shape index (κ3) is 10.5. The van der Waals surface area contributed by atoms with Crippen LogP contribution in [0.3, 0.4) is 0 Å². The first-order valence-electron chi connectivity index (χ1n) is 14.0. The molecular weight excluding hydrogens is 480 g/mol. The molecule has 6 heteroatoms. The average molecular weight is 529 g/mol. The summed E-state index contributed by atoms with van der Waals surface area (Å²) >= 11 is 0. The quantitative estimate of drug-likeness (QED) is 0.219. The average Bonchev–Trinajstić information content (AvgIpc) is 2.82. The summed E-state index contributed by atoms with van der Waals surface area (Å²) in [4.78, 5) is 71.8. The minimum Gasteiger partial charge on any atom is -0.300 e. The van der Waals surface area contributed by atoms with Gasteiger partial charge in [-0.25, -0.2) is 0 Å². The van der Waals surface area contributed by atoms with Gasteiger partial charge in [-0.1, -0.05) is 53.5 Å². The van der Waals surface area contributed by atoms with Crippen LogP contribution in [-0.4, -0.2) is 34.7 Å². The molecule has 0 saturated heterocycles. The zero-order chi connectivity index (χ0) is 29.6. The maximum absolute atomic E-state index is 13.2. The van der Waals surface area contributed by atoms with E-state index in [1.807, 2.05) is 20.8 Å². The Bertz CT molecular complexity index is 1000. The molecule has 212 valence electrons. The molecule has 0 fully saturated rings. The van der Waals surface area contributed by atoms with Crippen LogP contribution in [0.1, 0.15) is 143 Å². The Kier molecular flexibility index (Phi) is 16.4. The van der Waals surface area contributed by atoms with Crippen molar-refractivity contribution in [3.63, 3.8) is 0 Å². The molecular formula is C32H48O6. The number of fused-ring (bicyclic) bond motifs is 1. The standard InChI is InChI=1S/C25H32O5.C4H8O.C3H8/c1-6-8-17(19(7-2)22(28)11-14(3)26)12-18-13-23(29)24-15(4)20(16(5)27)9-10-21(24)25(18)30;1-3-4(2)5;1-3-2/h9-10,17-19H,6-8,11-13H2,1-5H3;3H2,1-2H3;3H2,1-2H3. The number of hydrogen-bond donors (Lipinski definition) is 0. The molecule has 0 aliphatic heterocycles. The summed E-state index contributed by atoms with van der Waals surface area (Å²) in [5, 5.41) is 0. The number of carbonyl (C=O) groups is 6. The Balaban J connectivity index is 0.00000150. The highest BCUT2D eigenvalue weighted by Crippen LogP contribution is 2.37. The lowest BCUT2D eigenvalue weighted by atomic mass is 9.71. The number of ketones is 6. The summed E-state index contributed by atoms with van der Waals surface area (Å²) in [6.45, 7) is 16.2. The number of benzene rings is 1. The molecule has 0 heterocycles. The van der Waals surface area contributed by atoms with Crippen LogP contribution in [0.5, 0.6) is 0 Å². The Morgan fingerprint density at radius 2 is 1.47 bits per heavy atom. The molecule has 0 saturated carbocycles. The zero-order valence-electron chi connectivity index (χ0n) is 25.0. The van der Waals surface area contributed by atoms with Gasteiger partial charge in [-0.05, 0) is 64.5 Å². The molecule has 2 rings (SSSR count). The highest BCUT2D eigenvalue weighted by atomic mass is 16.2. The van der Waals surface area contributed by atoms with Crippen molar-refractivity contribution in [2.45, 2.75) is 114 Å². The van der Waals surface area contributed by atoms with E-state index in [9.17, 15) is 28.8 Å². The van der Waals surface area contributed by atoms with Gasteiger partial charge in [-0.2, -0.15) is 0 Å². The van der Waals surface area contributed by atoms with Crippen molar-refractivity contribution in [3.8, 4) is 0 Å². The summed E-state index contributed by atoms with van der Waals surface area (Å²) in [6, 6.07) is 3.22. The van der Waals surface area contributed by atoms with E-state index in [0.29, 0.717) is 41.5 Å². The number of hydrogen-bond acceptors (Lipinski definition) is 6. The van der Waals surface area contributed by atoms with Crippen molar-refractivity contribution in [1.82, 2.24) is 0 Å². The normalized spacial score (nSPS) is 15.7. The second-order valence-electron chi connectivity index (χ2n) is 10.3. The molecule has 0 aromatic heterocycles. The second-order valence-corrected chi connectivity index (χ2v) is 10.3. The molecule has 1 aromatic carbocycles. The smallest absolute Gasteiger partial charge is 0.167 e. The Labute approximate surface area is 229 Å². The largest absolute Gasteiger partial charge is 0.300 e. The van der Waals surface area contributed by atoms with Crippen molar-refractivity contribution < 1.29 is 28.8 Å². The summed E-state index contributed by atoms with van der Waals surface area (Å²) in [5.41, 5.74) is 1.80. The molecule has 0 bridgehead atoms. The van der Waals surface area contributed by atoms with Gasteiger partial charge in [0.15, 0.2) is 17.3 Å². The lowest BCUT2D eigenvalue weighted by molar-refractivity contribution is -0.130. The molecule has 1 aromatic rings.